The van der Waals surface area contributed by atoms with Crippen LogP contribution in [0.25, 0.3) is 0 Å². The molecule has 2 heterocycles. The highest BCUT2D eigenvalue weighted by Gasteiger charge is 2.16. The lowest BCUT2D eigenvalue weighted by molar-refractivity contribution is 0.742. The van der Waals surface area contributed by atoms with Gasteiger partial charge < -0.3 is 10.6 Å². The fraction of sp³-hybridized carbons (Fsp3) is 0.200. The van der Waals surface area contributed by atoms with Gasteiger partial charge in [0.15, 0.2) is 0 Å². The van der Waals surface area contributed by atoms with Gasteiger partial charge in [-0.25, -0.2) is 0 Å². The summed E-state index contributed by atoms with van der Waals surface area (Å²) in [5.74, 6) is 0. The molecule has 2 atom stereocenters. The molecule has 0 spiro atoms. The maximum Gasteiger partial charge on any atom is 0.0976 e. The fourth-order valence-corrected chi connectivity index (χ4v) is 5.57. The number of anilines is 4. The number of hydrogen-bond acceptors (Lipinski definition) is 7. The van der Waals surface area contributed by atoms with Gasteiger partial charge >= 0.3 is 0 Å². The van der Waals surface area contributed by atoms with E-state index in [4.69, 9.17) is 0 Å². The first kappa shape index (κ1) is 23.4. The van der Waals surface area contributed by atoms with Crippen molar-refractivity contribution in [3.8, 4) is 0 Å². The van der Waals surface area contributed by atoms with Gasteiger partial charge in [-0.1, -0.05) is 60.3 Å². The number of rotatable bonds is 8. The van der Waals surface area contributed by atoms with Crippen LogP contribution in [0.15, 0.2) is 127 Å². The van der Waals surface area contributed by atoms with Gasteiger partial charge in [-0.2, -0.15) is 20.5 Å². The molecule has 184 valence electrons. The lowest BCUT2D eigenvalue weighted by atomic mass is 10.1. The molecule has 0 bridgehead atoms. The number of nitrogens with one attached hydrogen (secondary N) is 2. The lowest BCUT2D eigenvalue weighted by Gasteiger charge is -2.16. The van der Waals surface area contributed by atoms with Gasteiger partial charge in [0, 0.05) is 21.2 Å². The summed E-state index contributed by atoms with van der Waals surface area (Å²) < 4.78 is 0. The van der Waals surface area contributed by atoms with E-state index in [1.54, 1.807) is 11.8 Å². The van der Waals surface area contributed by atoms with Crippen LogP contribution in [0.4, 0.5) is 22.7 Å². The van der Waals surface area contributed by atoms with Crippen molar-refractivity contribution in [2.45, 2.75) is 34.7 Å². The summed E-state index contributed by atoms with van der Waals surface area (Å²) in [4.78, 5) is 2.32. The zero-order chi connectivity index (χ0) is 24.9. The average molecular weight is 505 g/mol. The van der Waals surface area contributed by atoms with Crippen molar-refractivity contribution in [2.75, 3.05) is 23.7 Å². The van der Waals surface area contributed by atoms with Crippen molar-refractivity contribution in [1.29, 1.82) is 0 Å². The van der Waals surface area contributed by atoms with Gasteiger partial charge in [-0.15, -0.1) is 0 Å². The zero-order valence-corrected chi connectivity index (χ0v) is 21.2. The smallest absolute Gasteiger partial charge is 0.0976 e. The van der Waals surface area contributed by atoms with Crippen molar-refractivity contribution < 1.29 is 0 Å². The Morgan fingerprint density at radius 1 is 0.541 bits per heavy atom. The SMILES string of the molecule is c1ccc(Sc2ccccc2Nc2ccc(C3CCN=N3)cc2)c(Nc2ccc(C3CCN=N3)cc2)c1. The molecule has 4 aromatic carbocycles. The highest BCUT2D eigenvalue weighted by Crippen LogP contribution is 2.39. The van der Waals surface area contributed by atoms with Gasteiger partial charge in [0.05, 0.1) is 36.5 Å². The quantitative estimate of drug-likeness (QED) is 0.251. The Morgan fingerprint density at radius 2 is 0.973 bits per heavy atom. The van der Waals surface area contributed by atoms with Crippen molar-refractivity contribution in [2.24, 2.45) is 20.5 Å². The van der Waals surface area contributed by atoms with Crippen molar-refractivity contribution >= 4 is 34.5 Å². The summed E-state index contributed by atoms with van der Waals surface area (Å²) in [5.41, 5.74) is 6.70. The summed E-state index contributed by atoms with van der Waals surface area (Å²) in [6.07, 6.45) is 1.99. The minimum atomic E-state index is 0.199. The number of hydrogen-bond donors (Lipinski definition) is 2. The van der Waals surface area contributed by atoms with Crippen LogP contribution in [0.3, 0.4) is 0 Å². The van der Waals surface area contributed by atoms with Crippen LogP contribution in [-0.4, -0.2) is 13.1 Å². The van der Waals surface area contributed by atoms with Gasteiger partial charge in [0.2, 0.25) is 0 Å². The average Bonchev–Trinajstić information content (AvgIpc) is 3.67. The first-order valence-electron chi connectivity index (χ1n) is 12.6. The molecule has 0 radical (unpaired) electrons. The van der Waals surface area contributed by atoms with Gasteiger partial charge in [-0.05, 0) is 72.5 Å². The van der Waals surface area contributed by atoms with E-state index in [9.17, 15) is 0 Å². The molecule has 0 saturated heterocycles. The minimum absolute atomic E-state index is 0.199. The molecular weight excluding hydrogens is 476 g/mol. The molecule has 6 rings (SSSR count). The second-order valence-electron chi connectivity index (χ2n) is 9.16. The zero-order valence-electron chi connectivity index (χ0n) is 20.4. The summed E-state index contributed by atoms with van der Waals surface area (Å²) in [7, 11) is 0. The Balaban J connectivity index is 1.17. The summed E-state index contributed by atoms with van der Waals surface area (Å²) in [5, 5.41) is 24.1. The van der Waals surface area contributed by atoms with E-state index in [0.717, 1.165) is 58.5 Å². The molecule has 0 amide bonds. The molecule has 2 N–H and O–H groups in total. The van der Waals surface area contributed by atoms with Crippen molar-refractivity contribution in [3.05, 3.63) is 108 Å². The Hall–Kier alpha value is -3.97. The number of nitrogens with zero attached hydrogens (tertiary/aromatic N) is 4. The molecule has 37 heavy (non-hydrogen) atoms. The Bertz CT molecular complexity index is 1310. The predicted molar refractivity (Wildman–Crippen MR) is 151 cm³/mol. The molecule has 4 aromatic rings. The van der Waals surface area contributed by atoms with E-state index in [2.05, 4.69) is 128 Å². The van der Waals surface area contributed by atoms with Crippen LogP contribution in [0.5, 0.6) is 0 Å². The first-order chi connectivity index (χ1) is 18.3. The maximum atomic E-state index is 4.33. The van der Waals surface area contributed by atoms with E-state index in [-0.39, 0.29) is 12.1 Å². The minimum Gasteiger partial charge on any atom is -0.355 e. The first-order valence-corrected chi connectivity index (χ1v) is 13.5. The molecule has 2 aliphatic heterocycles. The molecule has 2 aliphatic rings. The number of azo groups is 2. The summed E-state index contributed by atoms with van der Waals surface area (Å²) in [6.45, 7) is 1.65. The van der Waals surface area contributed by atoms with Crippen LogP contribution in [0.1, 0.15) is 36.1 Å². The molecule has 0 saturated carbocycles. The Kier molecular flexibility index (Phi) is 6.94. The molecule has 2 unspecified atom stereocenters. The fourth-order valence-electron chi connectivity index (χ4n) is 4.58. The second-order valence-corrected chi connectivity index (χ2v) is 10.2. The third-order valence-corrected chi connectivity index (χ3v) is 7.74. The highest BCUT2D eigenvalue weighted by molar-refractivity contribution is 7.99. The Morgan fingerprint density at radius 3 is 1.38 bits per heavy atom. The Labute approximate surface area is 221 Å². The van der Waals surface area contributed by atoms with Crippen LogP contribution in [-0.2, 0) is 0 Å². The number of para-hydroxylation sites is 2. The van der Waals surface area contributed by atoms with E-state index in [1.165, 1.54) is 11.1 Å². The van der Waals surface area contributed by atoms with Gasteiger partial charge in [0.25, 0.3) is 0 Å². The molecule has 0 aliphatic carbocycles. The molecular formula is C30H28N6S. The molecule has 0 aromatic heterocycles. The third-order valence-electron chi connectivity index (χ3n) is 6.59. The lowest BCUT2D eigenvalue weighted by Crippen LogP contribution is -1.96. The van der Waals surface area contributed by atoms with Crippen LogP contribution >= 0.6 is 11.8 Å². The van der Waals surface area contributed by atoms with Crippen LogP contribution < -0.4 is 10.6 Å². The summed E-state index contributed by atoms with van der Waals surface area (Å²) >= 11 is 1.75. The van der Waals surface area contributed by atoms with Crippen LogP contribution in [0, 0.1) is 0 Å². The normalized spacial score (nSPS) is 18.3. The standard InChI is InChI=1S/C30H28N6S/c1-3-7-29(27(5-1)33-23-13-9-21(10-14-23)25-17-19-31-35-25)37-30-8-4-2-6-28(30)34-24-15-11-22(12-16-24)26-18-20-32-36-26/h1-16,25-26,33-34H,17-20H2. The number of benzene rings is 4. The molecule has 0 fully saturated rings. The molecule has 6 nitrogen and oxygen atoms in total. The van der Waals surface area contributed by atoms with Gasteiger partial charge in [-0.3, -0.25) is 0 Å². The van der Waals surface area contributed by atoms with Gasteiger partial charge in [0.1, 0.15) is 0 Å². The van der Waals surface area contributed by atoms with E-state index in [1.807, 2.05) is 0 Å². The van der Waals surface area contributed by atoms with Crippen LogP contribution in [0.2, 0.25) is 0 Å². The second kappa shape index (κ2) is 11.0. The van der Waals surface area contributed by atoms with E-state index >= 15 is 0 Å². The predicted octanol–water partition coefficient (Wildman–Crippen LogP) is 9.12. The van der Waals surface area contributed by atoms with E-state index < -0.39 is 0 Å². The van der Waals surface area contributed by atoms with Crippen molar-refractivity contribution in [1.82, 2.24) is 0 Å². The maximum absolute atomic E-state index is 4.33. The summed E-state index contributed by atoms with van der Waals surface area (Å²) in [6, 6.07) is 34.3. The topological polar surface area (TPSA) is 73.5 Å². The van der Waals surface area contributed by atoms with E-state index in [0.29, 0.717) is 0 Å². The third kappa shape index (κ3) is 5.57. The largest absolute Gasteiger partial charge is 0.355 e. The van der Waals surface area contributed by atoms with Crippen molar-refractivity contribution in [3.63, 3.8) is 0 Å². The molecule has 7 heteroatoms. The highest BCUT2D eigenvalue weighted by atomic mass is 32.2. The monoisotopic (exact) mass is 504 g/mol.